The second-order valence-corrected chi connectivity index (χ2v) is 7.40. The van der Waals surface area contributed by atoms with Gasteiger partial charge in [0, 0.05) is 0 Å². The van der Waals surface area contributed by atoms with E-state index in [1.165, 1.54) is 48.5 Å². The van der Waals surface area contributed by atoms with Crippen LogP contribution in [0.1, 0.15) is 0 Å². The third-order valence-corrected chi connectivity index (χ3v) is 4.95. The Kier molecular flexibility index (Phi) is 4.68. The molecule has 1 amide bonds. The monoisotopic (exact) mass is 356 g/mol. The maximum absolute atomic E-state index is 12.1. The summed E-state index contributed by atoms with van der Waals surface area (Å²) in [7, 11) is -9.39. The van der Waals surface area contributed by atoms with E-state index in [4.69, 9.17) is 0 Å². The number of sulfone groups is 1. The van der Waals surface area contributed by atoms with Crippen LogP contribution in [-0.4, -0.2) is 26.6 Å². The first-order chi connectivity index (χ1) is 10.7. The van der Waals surface area contributed by atoms with Crippen molar-refractivity contribution in [3.05, 3.63) is 60.7 Å². The molecule has 122 valence electrons. The van der Waals surface area contributed by atoms with Gasteiger partial charge in [-0.2, -0.15) is 12.8 Å². The third kappa shape index (κ3) is 3.86. The maximum atomic E-state index is 12.1. The molecular formula is C13H12N2O6S2. The average Bonchev–Trinajstić information content (AvgIpc) is 2.52. The average molecular weight is 356 g/mol. The van der Waals surface area contributed by atoms with E-state index in [1.54, 1.807) is 17.6 Å². The Hall–Kier alpha value is -2.43. The van der Waals surface area contributed by atoms with Crippen LogP contribution in [-0.2, 0) is 20.1 Å². The summed E-state index contributed by atoms with van der Waals surface area (Å²) in [4.78, 5) is 11.7. The lowest BCUT2D eigenvalue weighted by Crippen LogP contribution is -2.47. The highest BCUT2D eigenvalue weighted by molar-refractivity contribution is 8.06. The molecule has 0 saturated carbocycles. The zero-order valence-corrected chi connectivity index (χ0v) is 13.2. The Morgan fingerprint density at radius 1 is 0.870 bits per heavy atom. The van der Waals surface area contributed by atoms with E-state index in [9.17, 15) is 26.2 Å². The molecule has 0 saturated heterocycles. The molecule has 0 heterocycles. The van der Waals surface area contributed by atoms with Crippen LogP contribution in [0.15, 0.2) is 65.6 Å². The van der Waals surface area contributed by atoms with Gasteiger partial charge >= 0.3 is 15.5 Å². The minimum atomic E-state index is -4.92. The molecule has 0 spiro atoms. The number of nitrogens with one attached hydrogen (secondary N) is 1. The summed E-state index contributed by atoms with van der Waals surface area (Å²) in [6, 6.07) is 13.8. The number of amides is 1. The fraction of sp³-hybridized carbons (Fsp3) is 0. The van der Waals surface area contributed by atoms with E-state index in [2.05, 4.69) is 0 Å². The van der Waals surface area contributed by atoms with Gasteiger partial charge in [-0.25, -0.2) is 13.8 Å². The highest BCUT2D eigenvalue weighted by atomic mass is 32.2. The first kappa shape index (κ1) is 16.9. The van der Waals surface area contributed by atoms with Gasteiger partial charge < -0.3 is 0 Å². The minimum absolute atomic E-state index is 0.0792. The molecule has 0 fully saturated rings. The lowest BCUT2D eigenvalue weighted by atomic mass is 10.3. The van der Waals surface area contributed by atoms with Crippen LogP contribution < -0.4 is 9.84 Å². The highest BCUT2D eigenvalue weighted by Crippen LogP contribution is 2.16. The van der Waals surface area contributed by atoms with Crippen LogP contribution in [0, 0.1) is 0 Å². The van der Waals surface area contributed by atoms with E-state index in [1.807, 2.05) is 0 Å². The molecular weight excluding hydrogens is 344 g/mol. The van der Waals surface area contributed by atoms with E-state index >= 15 is 0 Å². The zero-order valence-electron chi connectivity index (χ0n) is 11.5. The van der Waals surface area contributed by atoms with Gasteiger partial charge in [-0.05, 0) is 24.3 Å². The predicted octanol–water partition coefficient (Wildman–Crippen LogP) is 1.39. The van der Waals surface area contributed by atoms with Gasteiger partial charge in [0.25, 0.3) is 9.84 Å². The standard InChI is InChI=1S/C13H12N2O6S2/c16-13(22(17,18)12-9-5-2-6-10-12)14-15(23(19,20)21)11-7-3-1-4-8-11/h1-10H,(H,14,16)(H,19,20,21). The summed E-state index contributed by atoms with van der Waals surface area (Å²) >= 11 is 0. The Bertz CT molecular complexity index is 896. The maximum Gasteiger partial charge on any atom is 0.377 e. The van der Waals surface area contributed by atoms with Crippen molar-refractivity contribution < 1.29 is 26.2 Å². The van der Waals surface area contributed by atoms with Gasteiger partial charge in [-0.1, -0.05) is 36.4 Å². The molecule has 10 heteroatoms. The van der Waals surface area contributed by atoms with Gasteiger partial charge in [-0.3, -0.25) is 9.35 Å². The molecule has 8 nitrogen and oxygen atoms in total. The zero-order chi connectivity index (χ0) is 17.1. The Labute approximate surface area is 133 Å². The number of benzene rings is 2. The SMILES string of the molecule is O=C(NN(c1ccccc1)S(=O)(=O)O)S(=O)(=O)c1ccccc1. The molecule has 23 heavy (non-hydrogen) atoms. The molecule has 0 unspecified atom stereocenters. The van der Waals surface area contributed by atoms with Crippen molar-refractivity contribution in [1.82, 2.24) is 5.43 Å². The van der Waals surface area contributed by atoms with Gasteiger partial charge in [0.15, 0.2) is 0 Å². The fourth-order valence-corrected chi connectivity index (χ4v) is 3.25. The van der Waals surface area contributed by atoms with Crippen molar-refractivity contribution >= 4 is 31.1 Å². The van der Waals surface area contributed by atoms with Crippen LogP contribution in [0.4, 0.5) is 10.5 Å². The minimum Gasteiger partial charge on any atom is -0.268 e. The Morgan fingerprint density at radius 2 is 1.35 bits per heavy atom. The van der Waals surface area contributed by atoms with Crippen LogP contribution in [0.5, 0.6) is 0 Å². The summed E-state index contributed by atoms with van der Waals surface area (Å²) in [5.41, 5.74) is 1.55. The predicted molar refractivity (Wildman–Crippen MR) is 82.6 cm³/mol. The number of rotatable bonds is 4. The van der Waals surface area contributed by atoms with E-state index in [0.717, 1.165) is 0 Å². The molecule has 0 radical (unpaired) electrons. The van der Waals surface area contributed by atoms with E-state index in [-0.39, 0.29) is 15.0 Å². The molecule has 2 N–H and O–H groups in total. The summed E-state index contributed by atoms with van der Waals surface area (Å²) < 4.78 is 56.3. The van der Waals surface area contributed by atoms with Gasteiger partial charge in [-0.15, -0.1) is 0 Å². The lowest BCUT2D eigenvalue weighted by molar-refractivity contribution is 0.258. The molecule has 2 aromatic rings. The van der Waals surface area contributed by atoms with Crippen LogP contribution >= 0.6 is 0 Å². The van der Waals surface area contributed by atoms with Gasteiger partial charge in [0.05, 0.1) is 10.6 Å². The van der Waals surface area contributed by atoms with Crippen molar-refractivity contribution in [3.63, 3.8) is 0 Å². The van der Waals surface area contributed by atoms with Crippen LogP contribution in [0.2, 0.25) is 0 Å². The molecule has 2 aromatic carbocycles. The number of carbonyl (C=O) groups excluding carboxylic acids is 1. The van der Waals surface area contributed by atoms with E-state index < -0.39 is 25.4 Å². The number of hydrogen-bond acceptors (Lipinski definition) is 5. The van der Waals surface area contributed by atoms with Crippen molar-refractivity contribution in [2.75, 3.05) is 4.41 Å². The second kappa shape index (κ2) is 6.36. The first-order valence-corrected chi connectivity index (χ1v) is 9.04. The van der Waals surface area contributed by atoms with Gasteiger partial charge in [0.1, 0.15) is 0 Å². The van der Waals surface area contributed by atoms with Crippen LogP contribution in [0.25, 0.3) is 0 Å². The third-order valence-electron chi connectivity index (χ3n) is 2.71. The number of nitrogens with zero attached hydrogens (tertiary/aromatic N) is 1. The van der Waals surface area contributed by atoms with Gasteiger partial charge in [0.2, 0.25) is 0 Å². The second-order valence-electron chi connectivity index (χ2n) is 4.29. The summed E-state index contributed by atoms with van der Waals surface area (Å²) in [5.74, 6) is 0. The quantitative estimate of drug-likeness (QED) is 0.631. The molecule has 0 aliphatic heterocycles. The van der Waals surface area contributed by atoms with Crippen molar-refractivity contribution in [2.45, 2.75) is 4.90 Å². The summed E-state index contributed by atoms with van der Waals surface area (Å²) in [6.07, 6.45) is 0. The topological polar surface area (TPSA) is 121 Å². The number of para-hydroxylation sites is 1. The smallest absolute Gasteiger partial charge is 0.268 e. The number of anilines is 1. The van der Waals surface area contributed by atoms with Crippen molar-refractivity contribution in [3.8, 4) is 0 Å². The van der Waals surface area contributed by atoms with Crippen LogP contribution in [0.3, 0.4) is 0 Å². The van der Waals surface area contributed by atoms with Crippen molar-refractivity contribution in [1.29, 1.82) is 0 Å². The molecule has 0 aromatic heterocycles. The molecule has 2 rings (SSSR count). The largest absolute Gasteiger partial charge is 0.377 e. The molecule has 0 atom stereocenters. The Morgan fingerprint density at radius 3 is 1.83 bits per heavy atom. The number of hydrogen-bond donors (Lipinski definition) is 2. The summed E-state index contributed by atoms with van der Waals surface area (Å²) in [6.45, 7) is 0. The van der Waals surface area contributed by atoms with E-state index in [0.29, 0.717) is 0 Å². The first-order valence-electron chi connectivity index (χ1n) is 6.16. The Balaban J connectivity index is 2.36. The number of carbonyl (C=O) groups is 1. The molecule has 0 bridgehead atoms. The summed E-state index contributed by atoms with van der Waals surface area (Å²) in [5, 5.41) is -1.59. The normalized spacial score (nSPS) is 11.7. The molecule has 0 aliphatic carbocycles. The lowest BCUT2D eigenvalue weighted by Gasteiger charge is -2.21. The molecule has 0 aliphatic rings. The van der Waals surface area contributed by atoms with Crippen molar-refractivity contribution in [2.24, 2.45) is 0 Å². The number of hydrazine groups is 1. The highest BCUT2D eigenvalue weighted by Gasteiger charge is 2.30. The fourth-order valence-electron chi connectivity index (χ4n) is 1.67.